The Morgan fingerprint density at radius 3 is 2.66 bits per heavy atom. The molecular formula is C20H17ClN4O3S. The Bertz CT molecular complexity index is 1040. The number of hydrogen-bond donors (Lipinski definition) is 3. The van der Waals surface area contributed by atoms with Crippen molar-refractivity contribution in [3.63, 3.8) is 0 Å². The Balaban J connectivity index is 1.99. The molecule has 1 aliphatic rings. The van der Waals surface area contributed by atoms with Crippen LogP contribution >= 0.6 is 23.4 Å². The molecule has 2 amide bonds. The number of thioether (sulfide) groups is 1. The van der Waals surface area contributed by atoms with E-state index in [4.69, 9.17) is 21.8 Å². The predicted molar refractivity (Wildman–Crippen MR) is 112 cm³/mol. The fraction of sp³-hybridized carbons (Fsp3) is 0.150. The predicted octanol–water partition coefficient (Wildman–Crippen LogP) is 3.49. The van der Waals surface area contributed by atoms with Gasteiger partial charge in [0.1, 0.15) is 5.76 Å². The number of nitriles is 1. The van der Waals surface area contributed by atoms with E-state index in [0.717, 1.165) is 11.8 Å². The molecule has 0 unspecified atom stereocenters. The van der Waals surface area contributed by atoms with E-state index in [9.17, 15) is 14.9 Å². The number of anilines is 1. The maximum absolute atomic E-state index is 13.1. The molecule has 0 bridgehead atoms. The van der Waals surface area contributed by atoms with Gasteiger partial charge in [-0.15, -0.1) is 0 Å². The number of halogens is 1. The molecule has 2 aromatic rings. The Morgan fingerprint density at radius 1 is 1.34 bits per heavy atom. The summed E-state index contributed by atoms with van der Waals surface area (Å²) in [6, 6.07) is 12.2. The number of carbonyl (C=O) groups excluding carboxylic acids is 2. The van der Waals surface area contributed by atoms with E-state index >= 15 is 0 Å². The number of nitrogens with zero attached hydrogens (tertiary/aromatic N) is 1. The molecule has 9 heteroatoms. The number of primary amides is 1. The highest BCUT2D eigenvalue weighted by atomic mass is 35.5. The minimum Gasteiger partial charge on any atom is -0.468 e. The molecular weight excluding hydrogens is 412 g/mol. The Labute approximate surface area is 176 Å². The van der Waals surface area contributed by atoms with Gasteiger partial charge in [-0.1, -0.05) is 23.4 Å². The Hall–Kier alpha value is -3.15. The first-order chi connectivity index (χ1) is 13.9. The number of rotatable bonds is 6. The fourth-order valence-electron chi connectivity index (χ4n) is 2.94. The molecule has 1 aliphatic heterocycles. The zero-order chi connectivity index (χ0) is 21.0. The molecule has 1 atom stereocenters. The number of carbonyl (C=O) groups is 2. The van der Waals surface area contributed by atoms with Gasteiger partial charge in [-0.2, -0.15) is 5.26 Å². The van der Waals surface area contributed by atoms with Crippen molar-refractivity contribution in [2.75, 3.05) is 11.1 Å². The van der Waals surface area contributed by atoms with Crippen molar-refractivity contribution in [1.29, 1.82) is 5.26 Å². The maximum atomic E-state index is 13.1. The van der Waals surface area contributed by atoms with Crippen LogP contribution in [-0.2, 0) is 9.59 Å². The number of nitrogens with one attached hydrogen (secondary N) is 2. The smallest absolute Gasteiger partial charge is 0.254 e. The zero-order valence-electron chi connectivity index (χ0n) is 15.4. The molecule has 1 aromatic carbocycles. The van der Waals surface area contributed by atoms with Gasteiger partial charge in [-0.3, -0.25) is 9.59 Å². The maximum Gasteiger partial charge on any atom is 0.254 e. The minimum atomic E-state index is -0.723. The highest BCUT2D eigenvalue weighted by Crippen LogP contribution is 2.41. The van der Waals surface area contributed by atoms with E-state index in [2.05, 4.69) is 16.7 Å². The highest BCUT2D eigenvalue weighted by molar-refractivity contribution is 8.03. The van der Waals surface area contributed by atoms with E-state index in [1.807, 2.05) is 0 Å². The van der Waals surface area contributed by atoms with Crippen molar-refractivity contribution in [2.45, 2.75) is 12.8 Å². The average molecular weight is 429 g/mol. The summed E-state index contributed by atoms with van der Waals surface area (Å²) in [7, 11) is 0. The summed E-state index contributed by atoms with van der Waals surface area (Å²) >= 11 is 7.01. The van der Waals surface area contributed by atoms with Crippen LogP contribution < -0.4 is 16.4 Å². The third-order valence-corrected chi connectivity index (χ3v) is 5.47. The van der Waals surface area contributed by atoms with Crippen LogP contribution in [0.1, 0.15) is 18.6 Å². The van der Waals surface area contributed by atoms with E-state index < -0.39 is 11.8 Å². The lowest BCUT2D eigenvalue weighted by Gasteiger charge is -2.28. The number of benzene rings is 1. The Morgan fingerprint density at radius 2 is 2.07 bits per heavy atom. The standard InChI is InChI=1S/C20H17ClN4O3S/c1-11-17(19(27)25-13-6-4-12(21)5-7-13)18(15-3-2-8-28-15)14(9-22)20(24-11)29-10-16(23)26/h2-8,18,24H,10H2,1H3,(H2,23,26)(H,25,27)/t18-/m0/s1. The van der Waals surface area contributed by atoms with Crippen LogP contribution in [0.15, 0.2) is 69.0 Å². The molecule has 7 nitrogen and oxygen atoms in total. The minimum absolute atomic E-state index is 0.00201. The summed E-state index contributed by atoms with van der Waals surface area (Å²) in [5, 5.41) is 16.7. The molecule has 148 valence electrons. The van der Waals surface area contributed by atoms with Crippen LogP contribution in [0.4, 0.5) is 5.69 Å². The summed E-state index contributed by atoms with van der Waals surface area (Å²) in [4.78, 5) is 24.3. The number of allylic oxidation sites excluding steroid dienone is 2. The number of dihydropyridines is 1. The first-order valence-electron chi connectivity index (χ1n) is 8.54. The quantitative estimate of drug-likeness (QED) is 0.647. The van der Waals surface area contributed by atoms with Crippen LogP contribution in [0.3, 0.4) is 0 Å². The molecule has 3 rings (SSSR count). The van der Waals surface area contributed by atoms with Gasteiger partial charge in [0.05, 0.1) is 40.2 Å². The summed E-state index contributed by atoms with van der Waals surface area (Å²) in [5.41, 5.74) is 6.96. The molecule has 0 fully saturated rings. The molecule has 0 saturated carbocycles. The molecule has 0 radical (unpaired) electrons. The van der Waals surface area contributed by atoms with Gasteiger partial charge in [0.15, 0.2) is 0 Å². The lowest BCUT2D eigenvalue weighted by atomic mass is 9.85. The molecule has 0 spiro atoms. The van der Waals surface area contributed by atoms with Crippen molar-refractivity contribution >= 4 is 40.9 Å². The van der Waals surface area contributed by atoms with Crippen molar-refractivity contribution < 1.29 is 14.0 Å². The first kappa shape index (κ1) is 20.6. The molecule has 0 aliphatic carbocycles. The van der Waals surface area contributed by atoms with E-state index in [1.165, 1.54) is 6.26 Å². The van der Waals surface area contributed by atoms with Gasteiger partial charge >= 0.3 is 0 Å². The van der Waals surface area contributed by atoms with Gasteiger partial charge < -0.3 is 20.8 Å². The second kappa shape index (κ2) is 8.90. The average Bonchev–Trinajstić information content (AvgIpc) is 3.21. The van der Waals surface area contributed by atoms with Crippen molar-refractivity contribution in [2.24, 2.45) is 5.73 Å². The Kier molecular flexibility index (Phi) is 6.32. The number of nitrogens with two attached hydrogens (primary N) is 1. The van der Waals surface area contributed by atoms with Crippen molar-refractivity contribution in [1.82, 2.24) is 5.32 Å². The first-order valence-corrected chi connectivity index (χ1v) is 9.90. The SMILES string of the molecule is CC1=C(C(=O)Nc2ccc(Cl)cc2)[C@H](c2ccco2)C(C#N)=C(SCC(N)=O)N1. The summed E-state index contributed by atoms with van der Waals surface area (Å²) in [5.74, 6) is -1.17. The fourth-order valence-corrected chi connectivity index (χ4v) is 3.90. The van der Waals surface area contributed by atoms with Crippen LogP contribution in [-0.4, -0.2) is 17.6 Å². The lowest BCUT2D eigenvalue weighted by molar-refractivity contribution is -0.115. The summed E-state index contributed by atoms with van der Waals surface area (Å²) in [6.07, 6.45) is 1.48. The highest BCUT2D eigenvalue weighted by Gasteiger charge is 2.36. The third-order valence-electron chi connectivity index (χ3n) is 4.18. The lowest BCUT2D eigenvalue weighted by Crippen LogP contribution is -2.31. The zero-order valence-corrected chi connectivity index (χ0v) is 16.9. The van der Waals surface area contributed by atoms with E-state index in [-0.39, 0.29) is 17.2 Å². The van der Waals surface area contributed by atoms with Crippen LogP contribution in [0, 0.1) is 11.3 Å². The molecule has 1 aromatic heterocycles. The van der Waals surface area contributed by atoms with E-state index in [0.29, 0.717) is 32.8 Å². The van der Waals surface area contributed by atoms with Gasteiger partial charge in [0.2, 0.25) is 5.91 Å². The third kappa shape index (κ3) is 4.65. The molecule has 29 heavy (non-hydrogen) atoms. The van der Waals surface area contributed by atoms with Crippen LogP contribution in [0.5, 0.6) is 0 Å². The molecule has 2 heterocycles. The second-order valence-corrected chi connectivity index (χ2v) is 7.60. The van der Waals surface area contributed by atoms with Crippen LogP contribution in [0.2, 0.25) is 5.02 Å². The largest absolute Gasteiger partial charge is 0.468 e. The van der Waals surface area contributed by atoms with Gasteiger partial charge in [-0.05, 0) is 43.3 Å². The van der Waals surface area contributed by atoms with Crippen molar-refractivity contribution in [3.8, 4) is 6.07 Å². The van der Waals surface area contributed by atoms with Gasteiger partial charge in [-0.25, -0.2) is 0 Å². The number of amides is 2. The monoisotopic (exact) mass is 428 g/mol. The summed E-state index contributed by atoms with van der Waals surface area (Å²) in [6.45, 7) is 1.73. The van der Waals surface area contributed by atoms with Crippen LogP contribution in [0.25, 0.3) is 0 Å². The molecule has 4 N–H and O–H groups in total. The topological polar surface area (TPSA) is 121 Å². The van der Waals surface area contributed by atoms with E-state index in [1.54, 1.807) is 43.3 Å². The normalized spacial score (nSPS) is 16.2. The number of furan rings is 1. The van der Waals surface area contributed by atoms with Crippen molar-refractivity contribution in [3.05, 3.63) is 75.3 Å². The van der Waals surface area contributed by atoms with Gasteiger partial charge in [0.25, 0.3) is 5.91 Å². The van der Waals surface area contributed by atoms with Gasteiger partial charge in [0, 0.05) is 16.4 Å². The summed E-state index contributed by atoms with van der Waals surface area (Å²) < 4.78 is 5.53. The molecule has 0 saturated heterocycles. The second-order valence-electron chi connectivity index (χ2n) is 6.18. The number of hydrogen-bond acceptors (Lipinski definition) is 6.